The number of likely N-dealkylation sites (tertiary alicyclic amines) is 1. The number of aromatic nitrogens is 1. The second-order valence-corrected chi connectivity index (χ2v) is 11.1. The summed E-state index contributed by atoms with van der Waals surface area (Å²) >= 11 is 0. The first-order chi connectivity index (χ1) is 16.8. The van der Waals surface area contributed by atoms with Gasteiger partial charge >= 0.3 is 0 Å². The Morgan fingerprint density at radius 2 is 1.97 bits per heavy atom. The number of nitrogens with one attached hydrogen (secondary N) is 2. The molecule has 35 heavy (non-hydrogen) atoms. The number of amides is 3. The lowest BCUT2D eigenvalue weighted by Crippen LogP contribution is -2.55. The highest BCUT2D eigenvalue weighted by Crippen LogP contribution is 2.47. The summed E-state index contributed by atoms with van der Waals surface area (Å²) in [6, 6.07) is 9.92. The highest BCUT2D eigenvalue weighted by molar-refractivity contribution is 6.06. The van der Waals surface area contributed by atoms with Gasteiger partial charge in [0.25, 0.3) is 0 Å². The van der Waals surface area contributed by atoms with Crippen molar-refractivity contribution in [3.8, 4) is 0 Å². The fourth-order valence-corrected chi connectivity index (χ4v) is 6.42. The van der Waals surface area contributed by atoms with Crippen LogP contribution in [0.1, 0.15) is 62.6 Å². The van der Waals surface area contributed by atoms with E-state index in [2.05, 4.69) is 22.5 Å². The van der Waals surface area contributed by atoms with Gasteiger partial charge in [-0.1, -0.05) is 26.0 Å². The third-order valence-corrected chi connectivity index (χ3v) is 8.89. The molecule has 7 nitrogen and oxygen atoms in total. The number of nitrogens with zero attached hydrogens (tertiary/aromatic N) is 2. The van der Waals surface area contributed by atoms with Gasteiger partial charge in [0.2, 0.25) is 17.7 Å². The summed E-state index contributed by atoms with van der Waals surface area (Å²) < 4.78 is 0. The van der Waals surface area contributed by atoms with Gasteiger partial charge in [-0.3, -0.25) is 14.4 Å². The molecule has 3 amide bonds. The highest BCUT2D eigenvalue weighted by Gasteiger charge is 2.51. The van der Waals surface area contributed by atoms with E-state index in [4.69, 9.17) is 0 Å². The zero-order valence-corrected chi connectivity index (χ0v) is 20.4. The molecule has 4 aliphatic rings. The van der Waals surface area contributed by atoms with E-state index in [1.807, 2.05) is 42.2 Å². The number of hydrogen-bond acceptors (Lipinski definition) is 4. The van der Waals surface area contributed by atoms with Crippen molar-refractivity contribution in [2.24, 2.45) is 11.3 Å². The molecule has 0 radical (unpaired) electrons. The lowest BCUT2D eigenvalue weighted by atomic mass is 9.75. The zero-order valence-electron chi connectivity index (χ0n) is 20.4. The van der Waals surface area contributed by atoms with E-state index < -0.39 is 5.41 Å². The van der Waals surface area contributed by atoms with Gasteiger partial charge in [0.1, 0.15) is 12.4 Å². The maximum absolute atomic E-state index is 13.3. The summed E-state index contributed by atoms with van der Waals surface area (Å²) in [4.78, 5) is 45.6. The Bertz CT molecular complexity index is 1240. The third-order valence-electron chi connectivity index (χ3n) is 8.89. The highest BCUT2D eigenvalue weighted by atomic mass is 16.2. The van der Waals surface area contributed by atoms with Crippen molar-refractivity contribution in [2.75, 3.05) is 17.2 Å². The molecule has 2 N–H and O–H groups in total. The topological polar surface area (TPSA) is 91.4 Å². The fourth-order valence-electron chi connectivity index (χ4n) is 6.42. The molecule has 1 spiro atoms. The Morgan fingerprint density at radius 1 is 1.17 bits per heavy atom. The molecule has 1 saturated carbocycles. The van der Waals surface area contributed by atoms with Crippen molar-refractivity contribution in [3.05, 3.63) is 53.2 Å². The minimum atomic E-state index is -0.628. The number of carbonyl (C=O) groups is 3. The summed E-state index contributed by atoms with van der Waals surface area (Å²) in [6.45, 7) is 4.19. The molecular weight excluding hydrogens is 440 g/mol. The van der Waals surface area contributed by atoms with Crippen molar-refractivity contribution < 1.29 is 14.4 Å². The van der Waals surface area contributed by atoms with Crippen LogP contribution in [0.25, 0.3) is 0 Å². The molecule has 2 aromatic rings. The molecule has 3 heterocycles. The van der Waals surface area contributed by atoms with Crippen molar-refractivity contribution in [3.63, 3.8) is 0 Å². The Labute approximate surface area is 205 Å². The van der Waals surface area contributed by atoms with Crippen LogP contribution in [0.3, 0.4) is 0 Å². The van der Waals surface area contributed by atoms with Crippen molar-refractivity contribution in [1.82, 2.24) is 9.88 Å². The third kappa shape index (κ3) is 3.55. The van der Waals surface area contributed by atoms with Crippen LogP contribution in [-0.2, 0) is 32.6 Å². The van der Waals surface area contributed by atoms with E-state index in [0.29, 0.717) is 30.3 Å². The number of carbonyl (C=O) groups excluding carboxylic acids is 3. The van der Waals surface area contributed by atoms with E-state index in [9.17, 15) is 14.4 Å². The van der Waals surface area contributed by atoms with Crippen LogP contribution < -0.4 is 10.6 Å². The van der Waals surface area contributed by atoms with E-state index in [1.54, 1.807) is 6.20 Å². The van der Waals surface area contributed by atoms with Crippen molar-refractivity contribution >= 4 is 29.2 Å². The van der Waals surface area contributed by atoms with E-state index in [1.165, 1.54) is 0 Å². The Balaban J connectivity index is 1.19. The standard InChI is InChI=1S/C28H32N4O3/c1-3-27(2)11-10-22(17-6-7-17)32(26(27)35)16-23(33)30-20-9-8-18-14-28(15-19(18)13-20)21-5-4-12-29-24(21)31-25(28)34/h4-5,8-9,12-13,17,22H,3,6-7,10-11,14-16H2,1-2H3,(H,30,33)(H,29,31,34). The quantitative estimate of drug-likeness (QED) is 0.692. The van der Waals surface area contributed by atoms with Gasteiger partial charge in [-0.25, -0.2) is 4.98 Å². The predicted molar refractivity (Wildman–Crippen MR) is 133 cm³/mol. The Morgan fingerprint density at radius 3 is 2.74 bits per heavy atom. The van der Waals surface area contributed by atoms with Crippen molar-refractivity contribution in [2.45, 2.75) is 70.3 Å². The van der Waals surface area contributed by atoms with E-state index in [-0.39, 0.29) is 35.7 Å². The molecule has 2 aliphatic carbocycles. The fraction of sp³-hybridized carbons (Fsp3) is 0.500. The van der Waals surface area contributed by atoms with Crippen LogP contribution in [0.2, 0.25) is 0 Å². The normalized spacial score (nSPS) is 29.2. The molecule has 6 rings (SSSR count). The summed E-state index contributed by atoms with van der Waals surface area (Å²) in [5.74, 6) is 1.13. The van der Waals surface area contributed by atoms with Crippen LogP contribution in [0.4, 0.5) is 11.5 Å². The van der Waals surface area contributed by atoms with Gasteiger partial charge < -0.3 is 15.5 Å². The van der Waals surface area contributed by atoms with Crippen LogP contribution in [-0.4, -0.2) is 40.2 Å². The van der Waals surface area contributed by atoms with Crippen LogP contribution in [0.15, 0.2) is 36.5 Å². The SMILES string of the molecule is CCC1(C)CCC(C2CC2)N(CC(=O)Nc2ccc3c(c2)CC2(C3)C(=O)Nc3ncccc32)C1=O. The van der Waals surface area contributed by atoms with E-state index in [0.717, 1.165) is 48.8 Å². The molecule has 2 aliphatic heterocycles. The molecule has 3 atom stereocenters. The number of pyridine rings is 1. The molecule has 1 aromatic heterocycles. The summed E-state index contributed by atoms with van der Waals surface area (Å²) in [5.41, 5.74) is 2.84. The van der Waals surface area contributed by atoms with Gasteiger partial charge in [-0.05, 0) is 80.2 Å². The summed E-state index contributed by atoms with van der Waals surface area (Å²) in [6.07, 6.45) is 7.88. The minimum Gasteiger partial charge on any atom is -0.330 e. The smallest absolute Gasteiger partial charge is 0.244 e. The second-order valence-electron chi connectivity index (χ2n) is 11.1. The average Bonchev–Trinajstić information content (AvgIpc) is 3.56. The van der Waals surface area contributed by atoms with Gasteiger partial charge in [0.05, 0.1) is 5.41 Å². The maximum atomic E-state index is 13.3. The number of piperidine rings is 1. The Kier molecular flexibility index (Phi) is 5.02. The number of fused-ring (bicyclic) bond motifs is 3. The van der Waals surface area contributed by atoms with Crippen LogP contribution in [0, 0.1) is 11.3 Å². The largest absolute Gasteiger partial charge is 0.330 e. The first kappa shape index (κ1) is 22.3. The minimum absolute atomic E-state index is 0.0123. The molecule has 1 saturated heterocycles. The second kappa shape index (κ2) is 7.90. The predicted octanol–water partition coefficient (Wildman–Crippen LogP) is 3.83. The molecule has 2 fully saturated rings. The molecular formula is C28H32N4O3. The van der Waals surface area contributed by atoms with E-state index >= 15 is 0 Å². The van der Waals surface area contributed by atoms with Gasteiger partial charge in [0, 0.05) is 28.9 Å². The van der Waals surface area contributed by atoms with Crippen LogP contribution >= 0.6 is 0 Å². The number of hydrogen-bond donors (Lipinski definition) is 2. The average molecular weight is 473 g/mol. The monoisotopic (exact) mass is 472 g/mol. The van der Waals surface area contributed by atoms with Crippen LogP contribution in [0.5, 0.6) is 0 Å². The number of rotatable bonds is 5. The molecule has 3 unspecified atom stereocenters. The zero-order chi connectivity index (χ0) is 24.4. The number of benzene rings is 1. The summed E-state index contributed by atoms with van der Waals surface area (Å²) in [7, 11) is 0. The first-order valence-corrected chi connectivity index (χ1v) is 12.8. The molecule has 7 heteroatoms. The number of anilines is 2. The molecule has 182 valence electrons. The first-order valence-electron chi connectivity index (χ1n) is 12.8. The van der Waals surface area contributed by atoms with Gasteiger partial charge in [-0.15, -0.1) is 0 Å². The van der Waals surface area contributed by atoms with Gasteiger partial charge in [-0.2, -0.15) is 0 Å². The maximum Gasteiger partial charge on any atom is 0.244 e. The molecule has 1 aromatic carbocycles. The Hall–Kier alpha value is -3.22. The summed E-state index contributed by atoms with van der Waals surface area (Å²) in [5, 5.41) is 5.96. The lowest BCUT2D eigenvalue weighted by Gasteiger charge is -2.44. The molecule has 0 bridgehead atoms. The lowest BCUT2D eigenvalue weighted by molar-refractivity contribution is -0.152. The van der Waals surface area contributed by atoms with Crippen molar-refractivity contribution in [1.29, 1.82) is 0 Å². The van der Waals surface area contributed by atoms with Gasteiger partial charge in [0.15, 0.2) is 0 Å².